The highest BCUT2D eigenvalue weighted by Crippen LogP contribution is 2.57. The van der Waals surface area contributed by atoms with Gasteiger partial charge in [0.1, 0.15) is 0 Å². The van der Waals surface area contributed by atoms with Crippen LogP contribution in [0.2, 0.25) is 0 Å². The molecule has 2 nitrogen and oxygen atoms in total. The summed E-state index contributed by atoms with van der Waals surface area (Å²) in [6.07, 6.45) is 5.89. The van der Waals surface area contributed by atoms with Gasteiger partial charge in [-0.1, -0.05) is 48.0 Å². The van der Waals surface area contributed by atoms with Crippen LogP contribution < -0.4 is 0 Å². The summed E-state index contributed by atoms with van der Waals surface area (Å²) < 4.78 is 0. The summed E-state index contributed by atoms with van der Waals surface area (Å²) in [5, 5.41) is 22.5. The lowest BCUT2D eigenvalue weighted by Gasteiger charge is -2.58. The van der Waals surface area contributed by atoms with Gasteiger partial charge in [-0.25, -0.2) is 0 Å². The minimum Gasteiger partial charge on any atom is -0.393 e. The summed E-state index contributed by atoms with van der Waals surface area (Å²) in [7, 11) is 0. The summed E-state index contributed by atoms with van der Waals surface area (Å²) in [6, 6.07) is 0. The Hall–Kier alpha value is -0.0800. The van der Waals surface area contributed by atoms with Gasteiger partial charge in [0, 0.05) is 0 Å². The highest BCUT2D eigenvalue weighted by molar-refractivity contribution is 5.07. The molecule has 2 rings (SSSR count). The molecule has 2 saturated carbocycles. The largest absolute Gasteiger partial charge is 0.393 e. The van der Waals surface area contributed by atoms with Crippen molar-refractivity contribution in [3.63, 3.8) is 0 Å². The Morgan fingerprint density at radius 2 is 1.59 bits per heavy atom. The van der Waals surface area contributed by atoms with E-state index in [1.54, 1.807) is 0 Å². The van der Waals surface area contributed by atoms with Crippen molar-refractivity contribution in [1.29, 1.82) is 0 Å². The third kappa shape index (κ3) is 3.11. The SMILES string of the molecule is CC(C)[C@H]1CC[C@](C)([C@@]2(O)C[C@H](C)CC[C@H]2C(C)C)C[C@@H]1O. The first kappa shape index (κ1) is 18.3. The lowest BCUT2D eigenvalue weighted by molar-refractivity contribution is -0.193. The van der Waals surface area contributed by atoms with Crippen molar-refractivity contribution in [2.45, 2.75) is 91.8 Å². The maximum absolute atomic E-state index is 11.8. The Morgan fingerprint density at radius 1 is 0.955 bits per heavy atom. The lowest BCUT2D eigenvalue weighted by atomic mass is 9.51. The molecule has 0 saturated heterocycles. The van der Waals surface area contributed by atoms with Crippen molar-refractivity contribution >= 4 is 0 Å². The molecule has 22 heavy (non-hydrogen) atoms. The predicted molar refractivity (Wildman–Crippen MR) is 92.6 cm³/mol. The van der Waals surface area contributed by atoms with Crippen molar-refractivity contribution < 1.29 is 10.2 Å². The second kappa shape index (κ2) is 6.43. The number of hydrogen-bond donors (Lipinski definition) is 2. The van der Waals surface area contributed by atoms with Gasteiger partial charge in [0.15, 0.2) is 0 Å². The Bertz CT molecular complexity index is 378. The summed E-state index contributed by atoms with van der Waals surface area (Å²) in [6.45, 7) is 13.5. The number of aliphatic hydroxyl groups excluding tert-OH is 1. The van der Waals surface area contributed by atoms with E-state index in [2.05, 4.69) is 41.5 Å². The fraction of sp³-hybridized carbons (Fsp3) is 1.00. The summed E-state index contributed by atoms with van der Waals surface area (Å²) in [4.78, 5) is 0. The third-order valence-electron chi connectivity index (χ3n) is 7.13. The molecule has 0 aromatic carbocycles. The van der Waals surface area contributed by atoms with Crippen LogP contribution in [-0.2, 0) is 0 Å². The van der Waals surface area contributed by atoms with Crippen molar-refractivity contribution in [2.24, 2.45) is 35.0 Å². The first-order chi connectivity index (χ1) is 10.1. The Labute approximate surface area is 137 Å². The van der Waals surface area contributed by atoms with E-state index >= 15 is 0 Å². The minimum atomic E-state index is -0.609. The normalized spacial score (nSPS) is 47.2. The zero-order valence-electron chi connectivity index (χ0n) is 15.6. The van der Waals surface area contributed by atoms with Gasteiger partial charge in [0.05, 0.1) is 11.7 Å². The van der Waals surface area contributed by atoms with Gasteiger partial charge in [0.2, 0.25) is 0 Å². The first-order valence-corrected chi connectivity index (χ1v) is 9.51. The molecule has 2 aliphatic carbocycles. The maximum Gasteiger partial charge on any atom is 0.0735 e. The fourth-order valence-electron chi connectivity index (χ4n) is 5.63. The Kier molecular flexibility index (Phi) is 5.34. The molecule has 2 heteroatoms. The van der Waals surface area contributed by atoms with E-state index in [9.17, 15) is 10.2 Å². The molecule has 130 valence electrons. The Balaban J connectivity index is 2.26. The van der Waals surface area contributed by atoms with Crippen LogP contribution in [0.5, 0.6) is 0 Å². The van der Waals surface area contributed by atoms with Crippen LogP contribution in [0.25, 0.3) is 0 Å². The molecule has 0 bridgehead atoms. The summed E-state index contributed by atoms with van der Waals surface area (Å²) in [5.41, 5.74) is -0.747. The quantitative estimate of drug-likeness (QED) is 0.797. The van der Waals surface area contributed by atoms with Crippen LogP contribution in [0.3, 0.4) is 0 Å². The highest BCUT2D eigenvalue weighted by Gasteiger charge is 2.56. The second-order valence-corrected chi connectivity index (χ2v) is 9.44. The van der Waals surface area contributed by atoms with Crippen molar-refractivity contribution in [3.05, 3.63) is 0 Å². The van der Waals surface area contributed by atoms with Crippen LogP contribution in [0.15, 0.2) is 0 Å². The monoisotopic (exact) mass is 310 g/mol. The average molecular weight is 311 g/mol. The zero-order valence-corrected chi connectivity index (χ0v) is 15.6. The number of hydrogen-bond acceptors (Lipinski definition) is 2. The van der Waals surface area contributed by atoms with E-state index in [0.717, 1.165) is 32.1 Å². The van der Waals surface area contributed by atoms with Gasteiger partial charge < -0.3 is 10.2 Å². The molecule has 0 spiro atoms. The van der Waals surface area contributed by atoms with Gasteiger partial charge in [-0.05, 0) is 67.1 Å². The van der Waals surface area contributed by atoms with Crippen molar-refractivity contribution in [3.8, 4) is 0 Å². The maximum atomic E-state index is 11.8. The number of rotatable bonds is 3. The molecule has 0 heterocycles. The minimum absolute atomic E-state index is 0.137. The molecular formula is C20H38O2. The van der Waals surface area contributed by atoms with Crippen molar-refractivity contribution in [2.75, 3.05) is 0 Å². The third-order valence-corrected chi connectivity index (χ3v) is 7.13. The molecule has 2 N–H and O–H groups in total. The van der Waals surface area contributed by atoms with Crippen LogP contribution in [0.4, 0.5) is 0 Å². The van der Waals surface area contributed by atoms with E-state index in [4.69, 9.17) is 0 Å². The van der Waals surface area contributed by atoms with Crippen LogP contribution in [-0.4, -0.2) is 21.9 Å². The molecule has 6 atom stereocenters. The molecule has 0 aromatic heterocycles. The Morgan fingerprint density at radius 3 is 2.09 bits per heavy atom. The van der Waals surface area contributed by atoms with Gasteiger partial charge in [0.25, 0.3) is 0 Å². The van der Waals surface area contributed by atoms with E-state index in [1.807, 2.05) is 0 Å². The molecule has 0 unspecified atom stereocenters. The first-order valence-electron chi connectivity index (χ1n) is 9.51. The van der Waals surface area contributed by atoms with Crippen molar-refractivity contribution in [1.82, 2.24) is 0 Å². The molecule has 0 aliphatic heterocycles. The second-order valence-electron chi connectivity index (χ2n) is 9.44. The van der Waals surface area contributed by atoms with E-state index in [0.29, 0.717) is 29.6 Å². The smallest absolute Gasteiger partial charge is 0.0735 e. The standard InChI is InChI=1S/C20H38O2/c1-13(2)16-9-10-19(6,12-18(16)21)20(22)11-15(5)7-8-17(20)14(3)4/h13-18,21-22H,7-12H2,1-6H3/t15-,16-,17+,18+,19+,20-/m1/s1. The lowest BCUT2D eigenvalue weighted by Crippen LogP contribution is -2.59. The van der Waals surface area contributed by atoms with Gasteiger partial charge in [-0.3, -0.25) is 0 Å². The molecule has 2 aliphatic rings. The average Bonchev–Trinajstić information content (AvgIpc) is 2.37. The summed E-state index contributed by atoms with van der Waals surface area (Å²) in [5.74, 6) is 2.40. The molecule has 0 radical (unpaired) electrons. The van der Waals surface area contributed by atoms with Gasteiger partial charge in [-0.2, -0.15) is 0 Å². The van der Waals surface area contributed by atoms with Gasteiger partial charge >= 0.3 is 0 Å². The molecule has 2 fully saturated rings. The predicted octanol–water partition coefficient (Wildman–Crippen LogP) is 4.63. The molecule has 0 amide bonds. The molecule has 0 aromatic rings. The molecular weight excluding hydrogens is 272 g/mol. The van der Waals surface area contributed by atoms with E-state index in [-0.39, 0.29) is 11.5 Å². The van der Waals surface area contributed by atoms with E-state index in [1.165, 1.54) is 6.42 Å². The highest BCUT2D eigenvalue weighted by atomic mass is 16.3. The van der Waals surface area contributed by atoms with Gasteiger partial charge in [-0.15, -0.1) is 0 Å². The van der Waals surface area contributed by atoms with Crippen LogP contribution >= 0.6 is 0 Å². The number of aliphatic hydroxyl groups is 2. The van der Waals surface area contributed by atoms with Crippen LogP contribution in [0, 0.1) is 35.0 Å². The van der Waals surface area contributed by atoms with E-state index < -0.39 is 5.60 Å². The summed E-state index contributed by atoms with van der Waals surface area (Å²) >= 11 is 0. The zero-order chi connectivity index (χ0) is 16.7. The topological polar surface area (TPSA) is 40.5 Å². The fourth-order valence-corrected chi connectivity index (χ4v) is 5.63. The van der Waals surface area contributed by atoms with Crippen LogP contribution in [0.1, 0.15) is 80.1 Å².